The average molecular weight is 361 g/mol. The Morgan fingerprint density at radius 1 is 1.31 bits per heavy atom. The van der Waals surface area contributed by atoms with Crippen LogP contribution in [0.3, 0.4) is 0 Å². The number of para-hydroxylation sites is 2. The van der Waals surface area contributed by atoms with E-state index < -0.39 is 0 Å². The highest BCUT2D eigenvalue weighted by atomic mass is 16.5. The molecule has 1 atom stereocenters. The van der Waals surface area contributed by atoms with Gasteiger partial charge in [0.2, 0.25) is 11.8 Å². The van der Waals surface area contributed by atoms with Gasteiger partial charge in [-0.3, -0.25) is 14.5 Å². The summed E-state index contributed by atoms with van der Waals surface area (Å²) in [4.78, 5) is 28.8. The summed E-state index contributed by atoms with van der Waals surface area (Å²) < 4.78 is 10.7. The molecule has 3 rings (SSSR count). The van der Waals surface area contributed by atoms with Crippen molar-refractivity contribution in [1.29, 1.82) is 0 Å². The summed E-state index contributed by atoms with van der Waals surface area (Å²) in [5, 5.41) is 2.98. The van der Waals surface area contributed by atoms with E-state index in [9.17, 15) is 9.59 Å². The van der Waals surface area contributed by atoms with E-state index in [0.29, 0.717) is 18.8 Å². The van der Waals surface area contributed by atoms with Crippen molar-refractivity contribution in [1.82, 2.24) is 10.2 Å². The lowest BCUT2D eigenvalue weighted by Crippen LogP contribution is -2.39. The van der Waals surface area contributed by atoms with Crippen molar-refractivity contribution < 1.29 is 19.1 Å². The first-order valence-corrected chi connectivity index (χ1v) is 9.20. The van der Waals surface area contributed by atoms with E-state index in [1.54, 1.807) is 12.0 Å². The van der Waals surface area contributed by atoms with Crippen molar-refractivity contribution in [2.75, 3.05) is 57.9 Å². The van der Waals surface area contributed by atoms with Crippen LogP contribution in [0.2, 0.25) is 0 Å². The summed E-state index contributed by atoms with van der Waals surface area (Å²) in [5.74, 6) is 0.254. The van der Waals surface area contributed by atoms with Crippen LogP contribution in [0.15, 0.2) is 24.3 Å². The molecule has 0 bridgehead atoms. The number of methoxy groups -OCH3 is 1. The maximum atomic E-state index is 12.4. The zero-order valence-corrected chi connectivity index (χ0v) is 15.3. The van der Waals surface area contributed by atoms with Crippen molar-refractivity contribution in [2.45, 2.75) is 12.8 Å². The topological polar surface area (TPSA) is 71.1 Å². The molecule has 0 aromatic heterocycles. The number of amides is 2. The van der Waals surface area contributed by atoms with Gasteiger partial charge in [-0.25, -0.2) is 0 Å². The number of hydrogen-bond donors (Lipinski definition) is 1. The number of ether oxygens (including phenoxy) is 2. The Labute approximate surface area is 154 Å². The van der Waals surface area contributed by atoms with Crippen molar-refractivity contribution >= 4 is 17.5 Å². The molecule has 2 aliphatic rings. The van der Waals surface area contributed by atoms with Gasteiger partial charge in [0.05, 0.1) is 31.9 Å². The molecule has 0 spiro atoms. The minimum atomic E-state index is -0.309. The predicted octanol–water partition coefficient (Wildman–Crippen LogP) is 0.887. The van der Waals surface area contributed by atoms with E-state index in [4.69, 9.17) is 9.47 Å². The van der Waals surface area contributed by atoms with Crippen LogP contribution in [0.5, 0.6) is 5.75 Å². The zero-order valence-electron chi connectivity index (χ0n) is 15.3. The van der Waals surface area contributed by atoms with E-state index in [-0.39, 0.29) is 24.2 Å². The molecule has 0 saturated carbocycles. The number of benzene rings is 1. The molecule has 7 nitrogen and oxygen atoms in total. The van der Waals surface area contributed by atoms with Crippen molar-refractivity contribution in [3.05, 3.63) is 24.3 Å². The Morgan fingerprint density at radius 2 is 2.08 bits per heavy atom. The number of nitrogens with one attached hydrogen (secondary N) is 1. The summed E-state index contributed by atoms with van der Waals surface area (Å²) in [6.45, 7) is 5.48. The molecule has 26 heavy (non-hydrogen) atoms. The van der Waals surface area contributed by atoms with Crippen LogP contribution in [-0.2, 0) is 14.3 Å². The van der Waals surface area contributed by atoms with Crippen LogP contribution >= 0.6 is 0 Å². The van der Waals surface area contributed by atoms with Gasteiger partial charge in [-0.15, -0.1) is 0 Å². The Bertz CT molecular complexity index is 631. The first-order valence-electron chi connectivity index (χ1n) is 9.20. The van der Waals surface area contributed by atoms with Crippen LogP contribution in [0.4, 0.5) is 5.69 Å². The molecule has 2 amide bonds. The average Bonchev–Trinajstić information content (AvgIpc) is 3.07. The fourth-order valence-corrected chi connectivity index (χ4v) is 3.45. The number of carbonyl (C=O) groups is 2. The normalized spacial score (nSPS) is 21.0. The van der Waals surface area contributed by atoms with Crippen LogP contribution < -0.4 is 15.0 Å². The van der Waals surface area contributed by atoms with Crippen molar-refractivity contribution in [2.24, 2.45) is 5.92 Å². The zero-order chi connectivity index (χ0) is 18.4. The van der Waals surface area contributed by atoms with Crippen LogP contribution in [0.25, 0.3) is 0 Å². The number of morpholine rings is 1. The number of rotatable bonds is 7. The second kappa shape index (κ2) is 9.00. The van der Waals surface area contributed by atoms with Crippen LogP contribution in [-0.4, -0.2) is 69.8 Å². The molecule has 142 valence electrons. The molecule has 7 heteroatoms. The maximum absolute atomic E-state index is 12.4. The van der Waals surface area contributed by atoms with Gasteiger partial charge in [0.15, 0.2) is 0 Å². The quantitative estimate of drug-likeness (QED) is 0.731. The summed E-state index contributed by atoms with van der Waals surface area (Å²) >= 11 is 0. The molecule has 2 saturated heterocycles. The molecule has 1 aromatic rings. The molecule has 2 heterocycles. The standard InChI is InChI=1S/C19H27N3O4/c1-25-17-6-3-2-5-16(17)22-14-15(13-18(22)23)19(24)20-7-4-8-21-9-11-26-12-10-21/h2-3,5-6,15H,4,7-14H2,1H3,(H,20,24). The Balaban J connectivity index is 1.46. The van der Waals surface area contributed by atoms with Gasteiger partial charge in [0, 0.05) is 32.6 Å². The second-order valence-electron chi connectivity index (χ2n) is 6.68. The number of nitrogens with zero attached hydrogens (tertiary/aromatic N) is 2. The lowest BCUT2D eigenvalue weighted by atomic mass is 10.1. The maximum Gasteiger partial charge on any atom is 0.227 e. The van der Waals surface area contributed by atoms with Crippen molar-refractivity contribution in [3.8, 4) is 5.75 Å². The predicted molar refractivity (Wildman–Crippen MR) is 98.3 cm³/mol. The summed E-state index contributed by atoms with van der Waals surface area (Å²) in [6.07, 6.45) is 1.15. The number of anilines is 1. The summed E-state index contributed by atoms with van der Waals surface area (Å²) in [6, 6.07) is 7.40. The van der Waals surface area contributed by atoms with E-state index in [2.05, 4.69) is 10.2 Å². The lowest BCUT2D eigenvalue weighted by Gasteiger charge is -2.26. The Morgan fingerprint density at radius 3 is 2.85 bits per heavy atom. The summed E-state index contributed by atoms with van der Waals surface area (Å²) in [7, 11) is 1.58. The van der Waals surface area contributed by atoms with Gasteiger partial charge in [0.25, 0.3) is 0 Å². The molecule has 0 radical (unpaired) electrons. The fraction of sp³-hybridized carbons (Fsp3) is 0.579. The highest BCUT2D eigenvalue weighted by Crippen LogP contribution is 2.32. The molecule has 1 unspecified atom stereocenters. The van der Waals surface area contributed by atoms with E-state index in [0.717, 1.165) is 45.0 Å². The summed E-state index contributed by atoms with van der Waals surface area (Å²) in [5.41, 5.74) is 0.725. The van der Waals surface area contributed by atoms with E-state index in [1.165, 1.54) is 0 Å². The fourth-order valence-electron chi connectivity index (χ4n) is 3.45. The SMILES string of the molecule is COc1ccccc1N1CC(C(=O)NCCCN2CCOCC2)CC1=O. The monoisotopic (exact) mass is 361 g/mol. The van der Waals surface area contributed by atoms with E-state index >= 15 is 0 Å². The third-order valence-electron chi connectivity index (χ3n) is 4.93. The Kier molecular flexibility index (Phi) is 6.46. The number of carbonyl (C=O) groups excluding carboxylic acids is 2. The first-order chi connectivity index (χ1) is 12.7. The smallest absolute Gasteiger partial charge is 0.227 e. The van der Waals surface area contributed by atoms with Crippen LogP contribution in [0.1, 0.15) is 12.8 Å². The molecular formula is C19H27N3O4. The van der Waals surface area contributed by atoms with Gasteiger partial charge in [-0.05, 0) is 25.1 Å². The molecule has 1 N–H and O–H groups in total. The van der Waals surface area contributed by atoms with Gasteiger partial charge < -0.3 is 19.7 Å². The third kappa shape index (κ3) is 4.53. The van der Waals surface area contributed by atoms with Gasteiger partial charge in [-0.2, -0.15) is 0 Å². The van der Waals surface area contributed by atoms with Crippen LogP contribution in [0, 0.1) is 5.92 Å². The van der Waals surface area contributed by atoms with E-state index in [1.807, 2.05) is 24.3 Å². The number of hydrogen-bond acceptors (Lipinski definition) is 5. The van der Waals surface area contributed by atoms with Crippen molar-refractivity contribution in [3.63, 3.8) is 0 Å². The molecule has 2 aliphatic heterocycles. The minimum Gasteiger partial charge on any atom is -0.495 e. The minimum absolute atomic E-state index is 0.0389. The molecule has 0 aliphatic carbocycles. The highest BCUT2D eigenvalue weighted by molar-refractivity contribution is 6.01. The van der Waals surface area contributed by atoms with Gasteiger partial charge >= 0.3 is 0 Å². The lowest BCUT2D eigenvalue weighted by molar-refractivity contribution is -0.126. The van der Waals surface area contributed by atoms with Gasteiger partial charge in [-0.1, -0.05) is 12.1 Å². The third-order valence-corrected chi connectivity index (χ3v) is 4.93. The highest BCUT2D eigenvalue weighted by Gasteiger charge is 2.36. The first kappa shape index (κ1) is 18.7. The molecule has 1 aromatic carbocycles. The van der Waals surface area contributed by atoms with Gasteiger partial charge in [0.1, 0.15) is 5.75 Å². The Hall–Kier alpha value is -2.12. The molecule has 2 fully saturated rings. The second-order valence-corrected chi connectivity index (χ2v) is 6.68. The largest absolute Gasteiger partial charge is 0.495 e. The molecular weight excluding hydrogens is 334 g/mol.